The van der Waals surface area contributed by atoms with E-state index >= 15 is 0 Å². The second-order valence-corrected chi connectivity index (χ2v) is 5.57. The zero-order valence-electron chi connectivity index (χ0n) is 13.3. The van der Waals surface area contributed by atoms with Crippen molar-refractivity contribution in [3.63, 3.8) is 0 Å². The van der Waals surface area contributed by atoms with Gasteiger partial charge in [0.15, 0.2) is 0 Å². The Kier molecular flexibility index (Phi) is 8.31. The lowest BCUT2D eigenvalue weighted by atomic mass is 10.1. The summed E-state index contributed by atoms with van der Waals surface area (Å²) in [5, 5.41) is 3.40. The fourth-order valence-corrected chi connectivity index (χ4v) is 1.88. The van der Waals surface area contributed by atoms with Crippen molar-refractivity contribution in [1.82, 2.24) is 5.32 Å². The normalized spacial score (nSPS) is 12.7. The van der Waals surface area contributed by atoms with Gasteiger partial charge in [0.25, 0.3) is 0 Å². The van der Waals surface area contributed by atoms with Crippen molar-refractivity contribution in [2.75, 3.05) is 19.8 Å². The summed E-state index contributed by atoms with van der Waals surface area (Å²) in [4.78, 5) is 0. The quantitative estimate of drug-likeness (QED) is 0.709. The standard InChI is InChI=1S/C17H29NO2/c1-5-19-15(4)12-18-13-16-6-8-17(9-7-16)20-11-10-14(2)3/h6-9,14-15,18H,5,10-13H2,1-4H3. The molecule has 0 amide bonds. The molecule has 3 nitrogen and oxygen atoms in total. The maximum atomic E-state index is 5.71. The van der Waals surface area contributed by atoms with E-state index in [1.165, 1.54) is 5.56 Å². The summed E-state index contributed by atoms with van der Waals surface area (Å²) in [6.45, 7) is 11.8. The van der Waals surface area contributed by atoms with Crippen LogP contribution in [0.4, 0.5) is 0 Å². The van der Waals surface area contributed by atoms with Crippen LogP contribution in [0.2, 0.25) is 0 Å². The summed E-state index contributed by atoms with van der Waals surface area (Å²) >= 11 is 0. The molecule has 1 unspecified atom stereocenters. The molecule has 0 aromatic heterocycles. The van der Waals surface area contributed by atoms with Gasteiger partial charge in [-0.1, -0.05) is 26.0 Å². The first-order valence-electron chi connectivity index (χ1n) is 7.65. The number of rotatable bonds is 10. The summed E-state index contributed by atoms with van der Waals surface area (Å²) in [6, 6.07) is 8.32. The summed E-state index contributed by atoms with van der Waals surface area (Å²) in [5.41, 5.74) is 1.27. The fourth-order valence-electron chi connectivity index (χ4n) is 1.88. The molecule has 1 aromatic rings. The van der Waals surface area contributed by atoms with Gasteiger partial charge in [0.05, 0.1) is 12.7 Å². The third kappa shape index (κ3) is 7.51. The smallest absolute Gasteiger partial charge is 0.119 e. The number of hydrogen-bond acceptors (Lipinski definition) is 3. The molecule has 0 fully saturated rings. The summed E-state index contributed by atoms with van der Waals surface area (Å²) in [6.07, 6.45) is 1.36. The van der Waals surface area contributed by atoms with Gasteiger partial charge >= 0.3 is 0 Å². The Morgan fingerprint density at radius 2 is 1.80 bits per heavy atom. The van der Waals surface area contributed by atoms with Crippen LogP contribution >= 0.6 is 0 Å². The molecule has 0 spiro atoms. The molecule has 0 radical (unpaired) electrons. The van der Waals surface area contributed by atoms with Crippen molar-refractivity contribution in [3.05, 3.63) is 29.8 Å². The van der Waals surface area contributed by atoms with Crippen LogP contribution in [0.3, 0.4) is 0 Å². The lowest BCUT2D eigenvalue weighted by molar-refractivity contribution is 0.0759. The van der Waals surface area contributed by atoms with Gasteiger partial charge < -0.3 is 14.8 Å². The SMILES string of the molecule is CCOC(C)CNCc1ccc(OCCC(C)C)cc1. The molecule has 114 valence electrons. The number of nitrogens with one attached hydrogen (secondary N) is 1. The number of hydrogen-bond donors (Lipinski definition) is 1. The summed E-state index contributed by atoms with van der Waals surface area (Å²) in [5.74, 6) is 1.64. The van der Waals surface area contributed by atoms with Gasteiger partial charge in [-0.3, -0.25) is 0 Å². The highest BCUT2D eigenvalue weighted by Crippen LogP contribution is 2.13. The predicted octanol–water partition coefficient (Wildman–Crippen LogP) is 3.63. The molecule has 0 aliphatic heterocycles. The largest absolute Gasteiger partial charge is 0.494 e. The Bertz CT molecular complexity index is 349. The van der Waals surface area contributed by atoms with Gasteiger partial charge in [-0.15, -0.1) is 0 Å². The fraction of sp³-hybridized carbons (Fsp3) is 0.647. The molecule has 1 aromatic carbocycles. The highest BCUT2D eigenvalue weighted by molar-refractivity contribution is 5.27. The van der Waals surface area contributed by atoms with E-state index in [1.807, 2.05) is 19.1 Å². The van der Waals surface area contributed by atoms with Crippen LogP contribution in [0.5, 0.6) is 5.75 Å². The van der Waals surface area contributed by atoms with Gasteiger partial charge in [-0.2, -0.15) is 0 Å². The van der Waals surface area contributed by atoms with E-state index in [9.17, 15) is 0 Å². The van der Waals surface area contributed by atoms with Crippen LogP contribution in [0.25, 0.3) is 0 Å². The van der Waals surface area contributed by atoms with E-state index in [-0.39, 0.29) is 6.10 Å². The van der Waals surface area contributed by atoms with Crippen LogP contribution in [-0.2, 0) is 11.3 Å². The molecule has 0 saturated heterocycles. The van der Waals surface area contributed by atoms with Gasteiger partial charge in [0.1, 0.15) is 5.75 Å². The van der Waals surface area contributed by atoms with Crippen molar-refractivity contribution in [1.29, 1.82) is 0 Å². The Balaban J connectivity index is 2.24. The first-order valence-corrected chi connectivity index (χ1v) is 7.65. The van der Waals surface area contributed by atoms with Crippen LogP contribution in [0, 0.1) is 5.92 Å². The zero-order chi connectivity index (χ0) is 14.8. The topological polar surface area (TPSA) is 30.5 Å². The third-order valence-corrected chi connectivity index (χ3v) is 3.10. The molecule has 0 aliphatic rings. The molecule has 0 heterocycles. The molecule has 1 atom stereocenters. The average Bonchev–Trinajstić information content (AvgIpc) is 2.40. The second kappa shape index (κ2) is 9.78. The second-order valence-electron chi connectivity index (χ2n) is 5.57. The predicted molar refractivity (Wildman–Crippen MR) is 84.2 cm³/mol. The molecule has 0 aliphatic carbocycles. The van der Waals surface area contributed by atoms with Gasteiger partial charge in [-0.05, 0) is 43.9 Å². The lowest BCUT2D eigenvalue weighted by Gasteiger charge is -2.13. The van der Waals surface area contributed by atoms with Gasteiger partial charge in [0.2, 0.25) is 0 Å². The van der Waals surface area contributed by atoms with Crippen molar-refractivity contribution < 1.29 is 9.47 Å². The van der Waals surface area contributed by atoms with Crippen molar-refractivity contribution >= 4 is 0 Å². The average molecular weight is 279 g/mol. The Morgan fingerprint density at radius 3 is 2.40 bits per heavy atom. The molecular formula is C17H29NO2. The zero-order valence-corrected chi connectivity index (χ0v) is 13.3. The van der Waals surface area contributed by atoms with E-state index in [0.29, 0.717) is 5.92 Å². The third-order valence-electron chi connectivity index (χ3n) is 3.10. The molecule has 3 heteroatoms. The van der Waals surface area contributed by atoms with Gasteiger partial charge in [0, 0.05) is 19.7 Å². The van der Waals surface area contributed by atoms with Crippen LogP contribution in [0.15, 0.2) is 24.3 Å². The summed E-state index contributed by atoms with van der Waals surface area (Å²) in [7, 11) is 0. The first-order chi connectivity index (χ1) is 9.61. The maximum Gasteiger partial charge on any atom is 0.119 e. The monoisotopic (exact) mass is 279 g/mol. The van der Waals surface area contributed by atoms with E-state index in [2.05, 4.69) is 38.2 Å². The Morgan fingerprint density at radius 1 is 1.10 bits per heavy atom. The van der Waals surface area contributed by atoms with Crippen LogP contribution < -0.4 is 10.1 Å². The molecule has 1 rings (SSSR count). The minimum atomic E-state index is 0.263. The molecule has 0 saturated carbocycles. The minimum absolute atomic E-state index is 0.263. The molecule has 20 heavy (non-hydrogen) atoms. The van der Waals surface area contributed by atoms with Crippen molar-refractivity contribution in [3.8, 4) is 5.75 Å². The lowest BCUT2D eigenvalue weighted by Crippen LogP contribution is -2.26. The highest BCUT2D eigenvalue weighted by atomic mass is 16.5. The molecule has 0 bridgehead atoms. The van der Waals surface area contributed by atoms with E-state index < -0.39 is 0 Å². The van der Waals surface area contributed by atoms with E-state index in [1.54, 1.807) is 0 Å². The first kappa shape index (κ1) is 17.0. The van der Waals surface area contributed by atoms with Gasteiger partial charge in [-0.25, -0.2) is 0 Å². The van der Waals surface area contributed by atoms with E-state index in [4.69, 9.17) is 9.47 Å². The van der Waals surface area contributed by atoms with E-state index in [0.717, 1.165) is 38.5 Å². The van der Waals surface area contributed by atoms with Crippen molar-refractivity contribution in [2.24, 2.45) is 5.92 Å². The summed E-state index contributed by atoms with van der Waals surface area (Å²) < 4.78 is 11.2. The van der Waals surface area contributed by atoms with Crippen LogP contribution in [0.1, 0.15) is 39.7 Å². The Hall–Kier alpha value is -1.06. The van der Waals surface area contributed by atoms with Crippen LogP contribution in [-0.4, -0.2) is 25.9 Å². The molecule has 1 N–H and O–H groups in total. The highest BCUT2D eigenvalue weighted by Gasteiger charge is 2.01. The minimum Gasteiger partial charge on any atom is -0.494 e. The Labute approximate surface area is 123 Å². The molecular weight excluding hydrogens is 250 g/mol. The van der Waals surface area contributed by atoms with Crippen molar-refractivity contribution in [2.45, 2.75) is 46.8 Å². The maximum absolute atomic E-state index is 5.71. The number of benzene rings is 1. The number of ether oxygens (including phenoxy) is 2.